The van der Waals surface area contributed by atoms with Crippen LogP contribution in [0.1, 0.15) is 23.6 Å². The third-order valence-electron chi connectivity index (χ3n) is 3.50. The van der Waals surface area contributed by atoms with Crippen molar-refractivity contribution in [2.24, 2.45) is 0 Å². The molecule has 24 heavy (non-hydrogen) atoms. The zero-order chi connectivity index (χ0) is 17.5. The first-order chi connectivity index (χ1) is 11.5. The summed E-state index contributed by atoms with van der Waals surface area (Å²) in [5.74, 6) is -0.634. The summed E-state index contributed by atoms with van der Waals surface area (Å²) in [6.45, 7) is 0. The molecule has 1 atom stereocenters. The lowest BCUT2D eigenvalue weighted by Gasteiger charge is -2.18. The van der Waals surface area contributed by atoms with E-state index in [2.05, 4.69) is 5.32 Å². The predicted molar refractivity (Wildman–Crippen MR) is 94.1 cm³/mol. The van der Waals surface area contributed by atoms with E-state index in [1.54, 1.807) is 18.2 Å². The van der Waals surface area contributed by atoms with Gasteiger partial charge >= 0.3 is 5.97 Å². The number of hydrogen-bond donors (Lipinski definition) is 1. The van der Waals surface area contributed by atoms with Gasteiger partial charge in [0.15, 0.2) is 0 Å². The molecular weight excluding hydrogens is 349 g/mol. The molecule has 126 valence electrons. The van der Waals surface area contributed by atoms with Crippen molar-refractivity contribution in [1.29, 1.82) is 0 Å². The molecule has 2 rings (SSSR count). The summed E-state index contributed by atoms with van der Waals surface area (Å²) in [5, 5.41) is 3.80. The molecule has 0 spiro atoms. The number of methoxy groups -OCH3 is 1. The third-order valence-corrected chi connectivity index (χ3v) is 4.09. The van der Waals surface area contributed by atoms with Crippen LogP contribution in [-0.2, 0) is 20.7 Å². The molecule has 2 aromatic rings. The Morgan fingerprint density at radius 3 is 2.46 bits per heavy atom. The number of nitrogens with one attached hydrogen (secondary N) is 1. The Morgan fingerprint density at radius 2 is 1.83 bits per heavy atom. The Balaban J connectivity index is 2.10. The maximum Gasteiger partial charge on any atom is 0.307 e. The fourth-order valence-corrected chi connectivity index (χ4v) is 2.75. The molecule has 4 nitrogen and oxygen atoms in total. The summed E-state index contributed by atoms with van der Waals surface area (Å²) >= 11 is 12.0. The smallest absolute Gasteiger partial charge is 0.307 e. The van der Waals surface area contributed by atoms with E-state index in [4.69, 9.17) is 27.9 Å². The SMILES string of the molecule is COC(=O)C[C@@H](NC(=O)Cc1ccc(Cl)cc1Cl)c1ccccc1. The first-order valence-corrected chi connectivity index (χ1v) is 8.10. The van der Waals surface area contributed by atoms with Gasteiger partial charge in [-0.1, -0.05) is 59.6 Å². The Labute approximate surface area is 150 Å². The number of ether oxygens (including phenoxy) is 1. The molecule has 0 saturated heterocycles. The minimum absolute atomic E-state index is 0.0562. The maximum absolute atomic E-state index is 12.3. The van der Waals surface area contributed by atoms with Crippen LogP contribution in [0.3, 0.4) is 0 Å². The van der Waals surface area contributed by atoms with Crippen molar-refractivity contribution in [3.8, 4) is 0 Å². The molecule has 0 unspecified atom stereocenters. The largest absolute Gasteiger partial charge is 0.469 e. The molecule has 0 radical (unpaired) electrons. The molecule has 0 heterocycles. The lowest BCUT2D eigenvalue weighted by molar-refractivity contribution is -0.141. The van der Waals surface area contributed by atoms with E-state index in [1.165, 1.54) is 7.11 Å². The van der Waals surface area contributed by atoms with E-state index < -0.39 is 12.0 Å². The van der Waals surface area contributed by atoms with Crippen LogP contribution in [-0.4, -0.2) is 19.0 Å². The van der Waals surface area contributed by atoms with E-state index in [0.29, 0.717) is 15.6 Å². The summed E-state index contributed by atoms with van der Waals surface area (Å²) in [4.78, 5) is 24.0. The van der Waals surface area contributed by atoms with Crippen molar-refractivity contribution in [3.63, 3.8) is 0 Å². The van der Waals surface area contributed by atoms with Crippen molar-refractivity contribution >= 4 is 35.1 Å². The Morgan fingerprint density at radius 1 is 1.12 bits per heavy atom. The standard InChI is InChI=1S/C18H17Cl2NO3/c1-24-18(23)11-16(12-5-3-2-4-6-12)21-17(22)9-13-7-8-14(19)10-15(13)20/h2-8,10,16H,9,11H2,1H3,(H,21,22)/t16-/m1/s1. The molecule has 0 aliphatic carbocycles. The second kappa shape index (κ2) is 8.71. The third kappa shape index (κ3) is 5.25. The predicted octanol–water partition coefficient (Wildman–Crippen LogP) is 3.96. The topological polar surface area (TPSA) is 55.4 Å². The van der Waals surface area contributed by atoms with Gasteiger partial charge in [0.25, 0.3) is 0 Å². The van der Waals surface area contributed by atoms with Crippen LogP contribution in [0.2, 0.25) is 10.0 Å². The van der Waals surface area contributed by atoms with E-state index in [-0.39, 0.29) is 18.7 Å². The molecule has 1 amide bonds. The van der Waals surface area contributed by atoms with Crippen molar-refractivity contribution in [3.05, 3.63) is 69.7 Å². The fourth-order valence-electron chi connectivity index (χ4n) is 2.27. The zero-order valence-corrected chi connectivity index (χ0v) is 14.6. The normalized spacial score (nSPS) is 11.6. The Kier molecular flexibility index (Phi) is 6.64. The van der Waals surface area contributed by atoms with Gasteiger partial charge in [0.1, 0.15) is 0 Å². The van der Waals surface area contributed by atoms with Gasteiger partial charge in [0, 0.05) is 10.0 Å². The van der Waals surface area contributed by atoms with E-state index in [1.807, 2.05) is 30.3 Å². The number of rotatable bonds is 6. The molecule has 0 aromatic heterocycles. The second-order valence-electron chi connectivity index (χ2n) is 5.22. The monoisotopic (exact) mass is 365 g/mol. The van der Waals surface area contributed by atoms with Gasteiger partial charge in [-0.2, -0.15) is 0 Å². The molecule has 1 N–H and O–H groups in total. The second-order valence-corrected chi connectivity index (χ2v) is 6.07. The average molecular weight is 366 g/mol. The fraction of sp³-hybridized carbons (Fsp3) is 0.222. The van der Waals surface area contributed by atoms with Gasteiger partial charge < -0.3 is 10.1 Å². The van der Waals surface area contributed by atoms with E-state index in [9.17, 15) is 9.59 Å². The number of amides is 1. The van der Waals surface area contributed by atoms with Gasteiger partial charge in [-0.05, 0) is 23.3 Å². The summed E-state index contributed by atoms with van der Waals surface area (Å²) < 4.78 is 4.71. The molecule has 6 heteroatoms. The number of benzene rings is 2. The summed E-state index contributed by atoms with van der Waals surface area (Å²) in [6, 6.07) is 13.8. The highest BCUT2D eigenvalue weighted by atomic mass is 35.5. The number of esters is 1. The molecule has 0 aliphatic rings. The zero-order valence-electron chi connectivity index (χ0n) is 13.1. The van der Waals surface area contributed by atoms with Gasteiger partial charge in [-0.3, -0.25) is 9.59 Å². The first-order valence-electron chi connectivity index (χ1n) is 7.34. The minimum atomic E-state index is -0.461. The quantitative estimate of drug-likeness (QED) is 0.788. The number of halogens is 2. The minimum Gasteiger partial charge on any atom is -0.469 e. The number of carbonyl (C=O) groups is 2. The molecule has 0 fully saturated rings. The van der Waals surface area contributed by atoms with Gasteiger partial charge in [-0.25, -0.2) is 0 Å². The number of carbonyl (C=O) groups excluding carboxylic acids is 2. The van der Waals surface area contributed by atoms with Gasteiger partial charge in [0.2, 0.25) is 5.91 Å². The van der Waals surface area contributed by atoms with Crippen molar-refractivity contribution in [2.45, 2.75) is 18.9 Å². The summed E-state index contributed by atoms with van der Waals surface area (Å²) in [6.07, 6.45) is 0.154. The van der Waals surface area contributed by atoms with Crippen molar-refractivity contribution in [2.75, 3.05) is 7.11 Å². The lowest BCUT2D eigenvalue weighted by atomic mass is 10.0. The maximum atomic E-state index is 12.3. The van der Waals surface area contributed by atoms with E-state index in [0.717, 1.165) is 5.56 Å². The van der Waals surface area contributed by atoms with Crippen LogP contribution in [0.25, 0.3) is 0 Å². The van der Waals surface area contributed by atoms with E-state index >= 15 is 0 Å². The average Bonchev–Trinajstić information content (AvgIpc) is 2.57. The molecule has 0 saturated carbocycles. The molecule has 0 aliphatic heterocycles. The Hall–Kier alpha value is -2.04. The lowest BCUT2D eigenvalue weighted by Crippen LogP contribution is -2.31. The molecule has 2 aromatic carbocycles. The van der Waals surface area contributed by atoms with Crippen LogP contribution < -0.4 is 5.32 Å². The van der Waals surface area contributed by atoms with Crippen LogP contribution in [0.5, 0.6) is 0 Å². The van der Waals surface area contributed by atoms with Crippen LogP contribution in [0, 0.1) is 0 Å². The van der Waals surface area contributed by atoms with Gasteiger partial charge in [0.05, 0.1) is 26.0 Å². The van der Waals surface area contributed by atoms with Crippen LogP contribution in [0.4, 0.5) is 0 Å². The van der Waals surface area contributed by atoms with Crippen molar-refractivity contribution < 1.29 is 14.3 Å². The summed E-state index contributed by atoms with van der Waals surface area (Å²) in [7, 11) is 1.32. The highest BCUT2D eigenvalue weighted by molar-refractivity contribution is 6.35. The molecule has 0 bridgehead atoms. The Bertz CT molecular complexity index is 719. The van der Waals surface area contributed by atoms with Crippen LogP contribution in [0.15, 0.2) is 48.5 Å². The van der Waals surface area contributed by atoms with Gasteiger partial charge in [-0.15, -0.1) is 0 Å². The van der Waals surface area contributed by atoms with Crippen molar-refractivity contribution in [1.82, 2.24) is 5.32 Å². The highest BCUT2D eigenvalue weighted by Gasteiger charge is 2.19. The number of hydrogen-bond acceptors (Lipinski definition) is 3. The molecular formula is C18H17Cl2NO3. The van der Waals surface area contributed by atoms with Crippen LogP contribution >= 0.6 is 23.2 Å². The first kappa shape index (κ1) is 18.3. The summed E-state index contributed by atoms with van der Waals surface area (Å²) in [5.41, 5.74) is 1.50. The highest BCUT2D eigenvalue weighted by Crippen LogP contribution is 2.22.